The number of rotatable bonds is 20. The van der Waals surface area contributed by atoms with E-state index in [0.29, 0.717) is 0 Å². The van der Waals surface area contributed by atoms with Crippen LogP contribution in [0.15, 0.2) is 0 Å². The van der Waals surface area contributed by atoms with Crippen LogP contribution < -0.4 is 0 Å². The SMILES string of the molecule is CCCCCCCCCCCCCCCCCCCCS(C)(Cl)CC. The minimum Gasteiger partial charge on any atom is -0.166 e. The Hall–Kier alpha value is 0.640. The molecule has 1 atom stereocenters. The van der Waals surface area contributed by atoms with E-state index in [1.807, 2.05) is 0 Å². The molecule has 0 aliphatic rings. The smallest absolute Gasteiger partial charge is 0.0103 e. The monoisotopic (exact) mass is 392 g/mol. The van der Waals surface area contributed by atoms with Crippen molar-refractivity contribution in [2.75, 3.05) is 17.8 Å². The van der Waals surface area contributed by atoms with Gasteiger partial charge in [-0.2, -0.15) is 9.24 Å². The second-order valence-electron chi connectivity index (χ2n) is 8.16. The van der Waals surface area contributed by atoms with Crippen molar-refractivity contribution in [3.63, 3.8) is 0 Å². The standard InChI is InChI=1S/C23H49ClS/c1-4-6-7-8-9-10-11-12-13-14-15-16-17-18-19-20-21-22-23-25(3,24)5-2/h4-23H2,1-3H3. The van der Waals surface area contributed by atoms with Crippen molar-refractivity contribution in [3.05, 3.63) is 0 Å². The first-order valence-corrected chi connectivity index (χ1v) is 14.8. The van der Waals surface area contributed by atoms with E-state index in [4.69, 9.17) is 10.7 Å². The van der Waals surface area contributed by atoms with E-state index in [-0.39, 0.29) is 0 Å². The average Bonchev–Trinajstić information content (AvgIpc) is 2.60. The van der Waals surface area contributed by atoms with Crippen LogP contribution in [0.4, 0.5) is 0 Å². The van der Waals surface area contributed by atoms with Gasteiger partial charge in [-0.25, -0.2) is 0 Å². The number of unbranched alkanes of at least 4 members (excludes halogenated alkanes) is 17. The predicted molar refractivity (Wildman–Crippen MR) is 124 cm³/mol. The molecule has 0 rings (SSSR count). The Balaban J connectivity index is 3.05. The molecule has 0 nitrogen and oxygen atoms in total. The Bertz CT molecular complexity index is 252. The molecule has 0 spiro atoms. The highest BCUT2D eigenvalue weighted by Gasteiger charge is 2.10. The van der Waals surface area contributed by atoms with Gasteiger partial charge in [0.1, 0.15) is 0 Å². The van der Waals surface area contributed by atoms with Gasteiger partial charge in [-0.05, 0) is 24.2 Å². The van der Waals surface area contributed by atoms with Crippen LogP contribution in [0.3, 0.4) is 0 Å². The Morgan fingerprint density at radius 2 is 0.760 bits per heavy atom. The van der Waals surface area contributed by atoms with Crippen molar-refractivity contribution in [1.29, 1.82) is 0 Å². The molecular formula is C23H49ClS. The van der Waals surface area contributed by atoms with E-state index < -0.39 is 9.24 Å². The lowest BCUT2D eigenvalue weighted by Crippen LogP contribution is -1.98. The molecule has 0 N–H and O–H groups in total. The van der Waals surface area contributed by atoms with Gasteiger partial charge >= 0.3 is 0 Å². The zero-order chi connectivity index (χ0) is 18.6. The van der Waals surface area contributed by atoms with E-state index in [1.54, 1.807) is 0 Å². The fourth-order valence-corrected chi connectivity index (χ4v) is 4.87. The highest BCUT2D eigenvalue weighted by molar-refractivity contribution is 8.50. The first kappa shape index (κ1) is 25.6. The molecule has 2 heteroatoms. The second kappa shape index (κ2) is 19.4. The molecule has 1 unspecified atom stereocenters. The third-order valence-electron chi connectivity index (χ3n) is 5.53. The van der Waals surface area contributed by atoms with Crippen molar-refractivity contribution in [2.24, 2.45) is 0 Å². The third kappa shape index (κ3) is 20.8. The summed E-state index contributed by atoms with van der Waals surface area (Å²) in [6.07, 6.45) is 28.3. The zero-order valence-electron chi connectivity index (χ0n) is 17.9. The van der Waals surface area contributed by atoms with Crippen molar-refractivity contribution in [1.82, 2.24) is 0 Å². The van der Waals surface area contributed by atoms with Gasteiger partial charge in [0.15, 0.2) is 0 Å². The summed E-state index contributed by atoms with van der Waals surface area (Å²) in [6, 6.07) is 0. The van der Waals surface area contributed by atoms with Gasteiger partial charge in [0.2, 0.25) is 0 Å². The molecule has 0 aliphatic carbocycles. The second-order valence-corrected chi connectivity index (χ2v) is 13.7. The first-order chi connectivity index (χ1) is 12.1. The first-order valence-electron chi connectivity index (χ1n) is 11.6. The van der Waals surface area contributed by atoms with Crippen LogP contribution in [0.1, 0.15) is 129 Å². The number of hydrogen-bond acceptors (Lipinski definition) is 0. The van der Waals surface area contributed by atoms with Crippen LogP contribution in [0.25, 0.3) is 0 Å². The summed E-state index contributed by atoms with van der Waals surface area (Å²) in [4.78, 5) is 0. The van der Waals surface area contributed by atoms with Crippen LogP contribution in [-0.4, -0.2) is 17.8 Å². The summed E-state index contributed by atoms with van der Waals surface area (Å²) in [7, 11) is 5.71. The molecule has 0 saturated carbocycles. The summed E-state index contributed by atoms with van der Waals surface area (Å²) in [6.45, 7) is 4.53. The molecule has 0 aromatic rings. The molecule has 0 fully saturated rings. The average molecular weight is 393 g/mol. The maximum absolute atomic E-state index is 6.48. The number of halogens is 1. The Labute approximate surface area is 167 Å². The van der Waals surface area contributed by atoms with Gasteiger partial charge in [-0.1, -0.05) is 134 Å². The molecule has 0 bridgehead atoms. The fourth-order valence-electron chi connectivity index (χ4n) is 3.45. The quantitative estimate of drug-likeness (QED) is 0.181. The molecule has 0 aromatic heterocycles. The lowest BCUT2D eigenvalue weighted by molar-refractivity contribution is 0.526. The van der Waals surface area contributed by atoms with E-state index in [0.717, 1.165) is 0 Å². The molecule has 0 aliphatic heterocycles. The predicted octanol–water partition coefficient (Wildman–Crippen LogP) is 9.64. The topological polar surface area (TPSA) is 0 Å². The summed E-state index contributed by atoms with van der Waals surface area (Å²) < 4.78 is 0. The van der Waals surface area contributed by atoms with E-state index >= 15 is 0 Å². The molecule has 0 amide bonds. The van der Waals surface area contributed by atoms with Crippen molar-refractivity contribution in [3.8, 4) is 0 Å². The van der Waals surface area contributed by atoms with Gasteiger partial charge in [-0.15, -0.1) is 0 Å². The van der Waals surface area contributed by atoms with Crippen LogP contribution in [0.2, 0.25) is 0 Å². The molecule has 0 heterocycles. The summed E-state index contributed by atoms with van der Waals surface area (Å²) >= 11 is 0. The van der Waals surface area contributed by atoms with E-state index in [2.05, 4.69) is 20.1 Å². The number of hydrogen-bond donors (Lipinski definition) is 0. The fraction of sp³-hybridized carbons (Fsp3) is 1.00. The van der Waals surface area contributed by atoms with Crippen LogP contribution >= 0.6 is 19.9 Å². The zero-order valence-corrected chi connectivity index (χ0v) is 19.5. The maximum Gasteiger partial charge on any atom is -0.0103 e. The molecule has 0 aromatic carbocycles. The summed E-state index contributed by atoms with van der Waals surface area (Å²) in [5.41, 5.74) is 0. The minimum atomic E-state index is -0.769. The molecule has 154 valence electrons. The van der Waals surface area contributed by atoms with Crippen molar-refractivity contribution >= 4 is 19.9 Å². The lowest BCUT2D eigenvalue weighted by atomic mass is 10.0. The highest BCUT2D eigenvalue weighted by Crippen LogP contribution is 2.49. The van der Waals surface area contributed by atoms with Crippen LogP contribution in [-0.2, 0) is 0 Å². The highest BCUT2D eigenvalue weighted by atomic mass is 35.7. The van der Waals surface area contributed by atoms with Crippen LogP contribution in [0, 0.1) is 0 Å². The van der Waals surface area contributed by atoms with E-state index in [9.17, 15) is 0 Å². The minimum absolute atomic E-state index is 0.769. The summed E-state index contributed by atoms with van der Waals surface area (Å²) in [5.74, 6) is 2.44. The van der Waals surface area contributed by atoms with E-state index in [1.165, 1.54) is 127 Å². The lowest BCUT2D eigenvalue weighted by Gasteiger charge is -2.25. The van der Waals surface area contributed by atoms with Gasteiger partial charge in [0.25, 0.3) is 0 Å². The normalized spacial score (nSPS) is 15.2. The Morgan fingerprint density at radius 3 is 1.04 bits per heavy atom. The third-order valence-corrected chi connectivity index (χ3v) is 8.99. The van der Waals surface area contributed by atoms with Gasteiger partial charge in [0, 0.05) is 0 Å². The maximum atomic E-state index is 6.48. The summed E-state index contributed by atoms with van der Waals surface area (Å²) in [5, 5.41) is 0. The molecule has 0 saturated heterocycles. The van der Waals surface area contributed by atoms with Gasteiger partial charge < -0.3 is 0 Å². The molecule has 25 heavy (non-hydrogen) atoms. The van der Waals surface area contributed by atoms with Gasteiger partial charge in [0.05, 0.1) is 0 Å². The van der Waals surface area contributed by atoms with Crippen molar-refractivity contribution < 1.29 is 0 Å². The largest absolute Gasteiger partial charge is 0.166 e. The van der Waals surface area contributed by atoms with Crippen molar-refractivity contribution in [2.45, 2.75) is 129 Å². The Kier molecular flexibility index (Phi) is 19.9. The van der Waals surface area contributed by atoms with Gasteiger partial charge in [-0.3, -0.25) is 0 Å². The molecule has 0 radical (unpaired) electrons. The van der Waals surface area contributed by atoms with Crippen LogP contribution in [0.5, 0.6) is 0 Å². The Morgan fingerprint density at radius 1 is 0.480 bits per heavy atom. The molecular weight excluding hydrogens is 344 g/mol.